The zero-order chi connectivity index (χ0) is 21.6. The van der Waals surface area contributed by atoms with Crippen LogP contribution in [0.2, 0.25) is 5.02 Å². The third-order valence-electron chi connectivity index (χ3n) is 4.42. The number of aromatic nitrogens is 3. The van der Waals surface area contributed by atoms with Crippen LogP contribution in [0.15, 0.2) is 76.5 Å². The lowest BCUT2D eigenvalue weighted by Crippen LogP contribution is -2.14. The molecule has 0 aliphatic rings. The molecule has 1 N–H and O–H groups in total. The Hall–Kier alpha value is -3.23. The Morgan fingerprint density at radius 2 is 1.94 bits per heavy atom. The highest BCUT2D eigenvalue weighted by atomic mass is 35.5. The van der Waals surface area contributed by atoms with Crippen molar-refractivity contribution in [1.82, 2.24) is 14.8 Å². The van der Waals surface area contributed by atoms with Crippen LogP contribution in [0.25, 0.3) is 11.4 Å². The number of thioether (sulfide) groups is 1. The largest absolute Gasteiger partial charge is 0.496 e. The first-order valence-electron chi connectivity index (χ1n) is 9.41. The lowest BCUT2D eigenvalue weighted by molar-refractivity contribution is -0.113. The number of hydrogen-bond acceptors (Lipinski definition) is 6. The smallest absolute Gasteiger partial charge is 0.234 e. The van der Waals surface area contributed by atoms with E-state index in [1.807, 2.05) is 41.0 Å². The van der Waals surface area contributed by atoms with Gasteiger partial charge < -0.3 is 14.5 Å². The lowest BCUT2D eigenvalue weighted by Gasteiger charge is -2.11. The predicted octanol–water partition coefficient (Wildman–Crippen LogP) is 4.98. The van der Waals surface area contributed by atoms with Crippen molar-refractivity contribution in [3.63, 3.8) is 0 Å². The molecule has 2 aromatic heterocycles. The Labute approximate surface area is 188 Å². The Bertz CT molecular complexity index is 1160. The topological polar surface area (TPSA) is 82.2 Å². The van der Waals surface area contributed by atoms with E-state index in [2.05, 4.69) is 15.5 Å². The molecule has 0 fully saturated rings. The average Bonchev–Trinajstić information content (AvgIpc) is 3.44. The lowest BCUT2D eigenvalue weighted by atomic mass is 10.2. The molecule has 1 amide bonds. The van der Waals surface area contributed by atoms with Gasteiger partial charge in [-0.25, -0.2) is 0 Å². The minimum absolute atomic E-state index is 0.154. The zero-order valence-corrected chi connectivity index (χ0v) is 18.2. The van der Waals surface area contributed by atoms with Gasteiger partial charge >= 0.3 is 0 Å². The Morgan fingerprint density at radius 3 is 2.68 bits per heavy atom. The highest BCUT2D eigenvalue weighted by Crippen LogP contribution is 2.31. The maximum absolute atomic E-state index is 12.4. The van der Waals surface area contributed by atoms with Crippen molar-refractivity contribution in [2.24, 2.45) is 0 Å². The molecule has 31 heavy (non-hydrogen) atoms. The summed E-state index contributed by atoms with van der Waals surface area (Å²) in [4.78, 5) is 12.4. The van der Waals surface area contributed by atoms with Crippen LogP contribution >= 0.6 is 23.4 Å². The van der Waals surface area contributed by atoms with E-state index < -0.39 is 0 Å². The van der Waals surface area contributed by atoms with E-state index in [0.717, 1.165) is 11.3 Å². The molecule has 9 heteroatoms. The molecule has 0 saturated carbocycles. The normalized spacial score (nSPS) is 10.8. The summed E-state index contributed by atoms with van der Waals surface area (Å²) in [6.07, 6.45) is 1.62. The fourth-order valence-corrected chi connectivity index (χ4v) is 3.85. The van der Waals surface area contributed by atoms with Gasteiger partial charge in [-0.1, -0.05) is 35.5 Å². The number of nitrogens with zero attached hydrogens (tertiary/aromatic N) is 3. The third-order valence-corrected chi connectivity index (χ3v) is 5.64. The van der Waals surface area contributed by atoms with Crippen molar-refractivity contribution >= 4 is 35.0 Å². The number of carbonyl (C=O) groups is 1. The number of furan rings is 1. The Kier molecular flexibility index (Phi) is 6.59. The molecule has 0 unspecified atom stereocenters. The van der Waals surface area contributed by atoms with Gasteiger partial charge in [0.15, 0.2) is 11.0 Å². The molecular formula is C22H19ClN4O3S. The summed E-state index contributed by atoms with van der Waals surface area (Å²) in [5.41, 5.74) is 1.49. The number of anilines is 1. The first-order chi connectivity index (χ1) is 15.1. The number of rotatable bonds is 8. The van der Waals surface area contributed by atoms with Crippen LogP contribution < -0.4 is 10.1 Å². The van der Waals surface area contributed by atoms with E-state index >= 15 is 0 Å². The summed E-state index contributed by atoms with van der Waals surface area (Å²) >= 11 is 7.19. The van der Waals surface area contributed by atoms with E-state index in [4.69, 9.17) is 20.8 Å². The second-order valence-corrected chi connectivity index (χ2v) is 7.89. The molecular weight excluding hydrogens is 436 g/mol. The third kappa shape index (κ3) is 5.10. The van der Waals surface area contributed by atoms with E-state index in [1.165, 1.54) is 11.8 Å². The van der Waals surface area contributed by atoms with Crippen LogP contribution in [0.3, 0.4) is 0 Å². The van der Waals surface area contributed by atoms with E-state index in [9.17, 15) is 4.79 Å². The van der Waals surface area contributed by atoms with Crippen LogP contribution in [0, 0.1) is 0 Å². The van der Waals surface area contributed by atoms with E-state index in [0.29, 0.717) is 34.0 Å². The van der Waals surface area contributed by atoms with Crippen LogP contribution in [0.4, 0.5) is 5.69 Å². The zero-order valence-electron chi connectivity index (χ0n) is 16.6. The van der Waals surface area contributed by atoms with Crippen molar-refractivity contribution in [1.29, 1.82) is 0 Å². The van der Waals surface area contributed by atoms with Crippen LogP contribution in [0.1, 0.15) is 5.76 Å². The van der Waals surface area contributed by atoms with Crippen LogP contribution in [0.5, 0.6) is 5.75 Å². The number of carbonyl (C=O) groups excluding carboxylic acids is 1. The summed E-state index contributed by atoms with van der Waals surface area (Å²) < 4.78 is 12.9. The second kappa shape index (κ2) is 9.72. The number of methoxy groups -OCH3 is 1. The maximum Gasteiger partial charge on any atom is 0.234 e. The summed E-state index contributed by atoms with van der Waals surface area (Å²) in [7, 11) is 1.61. The molecule has 0 saturated heterocycles. The first kappa shape index (κ1) is 21.0. The molecule has 4 aromatic rings. The molecule has 0 aliphatic carbocycles. The molecule has 158 valence electrons. The minimum Gasteiger partial charge on any atom is -0.496 e. The maximum atomic E-state index is 12.4. The summed E-state index contributed by atoms with van der Waals surface area (Å²) in [6, 6.07) is 18.3. The molecule has 0 atom stereocenters. The van der Waals surface area contributed by atoms with Gasteiger partial charge in [-0.2, -0.15) is 0 Å². The molecule has 0 bridgehead atoms. The van der Waals surface area contributed by atoms with Crippen molar-refractivity contribution in [3.05, 3.63) is 77.7 Å². The summed E-state index contributed by atoms with van der Waals surface area (Å²) in [5, 5.41) is 12.8. The number of ether oxygens (including phenoxy) is 1. The van der Waals surface area contributed by atoms with E-state index in [1.54, 1.807) is 37.6 Å². The number of hydrogen-bond donors (Lipinski definition) is 1. The minimum atomic E-state index is -0.154. The van der Waals surface area contributed by atoms with Gasteiger partial charge in [0.05, 0.1) is 31.2 Å². The molecule has 0 radical (unpaired) electrons. The van der Waals surface area contributed by atoms with Gasteiger partial charge in [0.2, 0.25) is 5.91 Å². The molecule has 0 aliphatic heterocycles. The van der Waals surface area contributed by atoms with E-state index in [-0.39, 0.29) is 11.7 Å². The predicted molar refractivity (Wildman–Crippen MR) is 121 cm³/mol. The number of benzene rings is 2. The fraction of sp³-hybridized carbons (Fsp3) is 0.136. The van der Waals surface area contributed by atoms with Crippen LogP contribution in [-0.4, -0.2) is 33.5 Å². The molecule has 2 heterocycles. The Morgan fingerprint density at radius 1 is 1.13 bits per heavy atom. The standard InChI is InChI=1S/C22H19ClN4O3S/c1-29-19-7-3-2-6-18(19)21-25-26-22(27(21)13-17-5-4-12-30-17)31-14-20(28)24-16-10-8-15(23)9-11-16/h2-12H,13-14H2,1H3,(H,24,28). The number of amides is 1. The van der Waals surface area contributed by atoms with Crippen molar-refractivity contribution in [3.8, 4) is 17.1 Å². The van der Waals surface area contributed by atoms with Gasteiger partial charge in [0, 0.05) is 10.7 Å². The monoisotopic (exact) mass is 454 g/mol. The molecule has 7 nitrogen and oxygen atoms in total. The quantitative estimate of drug-likeness (QED) is 0.378. The number of halogens is 1. The molecule has 0 spiro atoms. The van der Waals surface area contributed by atoms with Crippen molar-refractivity contribution in [2.45, 2.75) is 11.7 Å². The first-order valence-corrected chi connectivity index (χ1v) is 10.8. The summed E-state index contributed by atoms with van der Waals surface area (Å²) in [5.74, 6) is 2.09. The van der Waals surface area contributed by atoms with Crippen molar-refractivity contribution in [2.75, 3.05) is 18.2 Å². The van der Waals surface area contributed by atoms with Gasteiger partial charge in [-0.05, 0) is 48.5 Å². The highest BCUT2D eigenvalue weighted by Gasteiger charge is 2.19. The summed E-state index contributed by atoms with van der Waals surface area (Å²) in [6.45, 7) is 0.425. The molecule has 4 rings (SSSR count). The van der Waals surface area contributed by atoms with Crippen molar-refractivity contribution < 1.29 is 13.9 Å². The number of para-hydroxylation sites is 1. The Balaban J connectivity index is 1.56. The number of nitrogens with one attached hydrogen (secondary N) is 1. The highest BCUT2D eigenvalue weighted by molar-refractivity contribution is 7.99. The van der Waals surface area contributed by atoms with Gasteiger partial charge in [0.1, 0.15) is 11.5 Å². The SMILES string of the molecule is COc1ccccc1-c1nnc(SCC(=O)Nc2ccc(Cl)cc2)n1Cc1ccco1. The van der Waals surface area contributed by atoms with Gasteiger partial charge in [-0.15, -0.1) is 10.2 Å². The fourth-order valence-electron chi connectivity index (χ4n) is 2.99. The average molecular weight is 455 g/mol. The van der Waals surface area contributed by atoms with Crippen LogP contribution in [-0.2, 0) is 11.3 Å². The molecule has 2 aromatic carbocycles. The second-order valence-electron chi connectivity index (χ2n) is 6.52. The van der Waals surface area contributed by atoms with Gasteiger partial charge in [0.25, 0.3) is 0 Å². The van der Waals surface area contributed by atoms with Gasteiger partial charge in [-0.3, -0.25) is 9.36 Å².